The Morgan fingerprint density at radius 2 is 2.50 bits per heavy atom. The van der Waals surface area contributed by atoms with Gasteiger partial charge in [-0.3, -0.25) is 0 Å². The molecule has 1 atom stereocenters. The Balaban J connectivity index is 2.19. The van der Waals surface area contributed by atoms with E-state index in [1.165, 1.54) is 0 Å². The highest BCUT2D eigenvalue weighted by Crippen LogP contribution is 2.14. The van der Waals surface area contributed by atoms with Crippen molar-refractivity contribution in [3.8, 4) is 0 Å². The third-order valence-corrected chi connectivity index (χ3v) is 1.99. The summed E-state index contributed by atoms with van der Waals surface area (Å²) in [6.45, 7) is 3.66. The van der Waals surface area contributed by atoms with Gasteiger partial charge in [0.15, 0.2) is 0 Å². The summed E-state index contributed by atoms with van der Waals surface area (Å²) in [5, 5.41) is 0. The molecule has 0 spiro atoms. The van der Waals surface area contributed by atoms with Gasteiger partial charge in [-0.05, 0) is 6.92 Å². The summed E-state index contributed by atoms with van der Waals surface area (Å²) in [4.78, 5) is 16.5. The molecule has 2 aliphatic rings. The highest BCUT2D eigenvalue weighted by molar-refractivity contribution is 5.92. The number of hydrogen-bond acceptors (Lipinski definition) is 4. The number of hydrogen-bond donors (Lipinski definition) is 0. The number of carbonyl (C=O) groups excluding carboxylic acids is 1. The third kappa shape index (κ3) is 1.16. The fraction of sp³-hybridized carbons (Fsp3) is 0.714. The van der Waals surface area contributed by atoms with Crippen molar-refractivity contribution in [1.29, 1.82) is 0 Å². The molecule has 1 fully saturated rings. The molecule has 2 rings (SSSR count). The topological polar surface area (TPSA) is 51.1 Å². The fourth-order valence-corrected chi connectivity index (χ4v) is 1.39. The summed E-state index contributed by atoms with van der Waals surface area (Å²) >= 11 is 0. The van der Waals surface area contributed by atoms with Crippen LogP contribution in [0.3, 0.4) is 0 Å². The van der Waals surface area contributed by atoms with E-state index in [2.05, 4.69) is 4.99 Å². The van der Waals surface area contributed by atoms with E-state index in [1.807, 2.05) is 4.90 Å². The van der Waals surface area contributed by atoms with Crippen molar-refractivity contribution in [2.24, 2.45) is 4.99 Å². The summed E-state index contributed by atoms with van der Waals surface area (Å²) in [7, 11) is 0. The second-order valence-electron chi connectivity index (χ2n) is 2.77. The summed E-state index contributed by atoms with van der Waals surface area (Å²) < 4.78 is 10.1. The molecule has 12 heavy (non-hydrogen) atoms. The highest BCUT2D eigenvalue weighted by atomic mass is 16.6. The minimum Gasteiger partial charge on any atom is -0.421 e. The van der Waals surface area contributed by atoms with Crippen LogP contribution in [0.25, 0.3) is 0 Å². The molecule has 0 aromatic heterocycles. The standard InChI is InChI=1S/C7H10N2O3/c1-5-8-7(10)12-6-4-11-3-2-9(5)6/h6H,2-4H2,1H3. The molecule has 0 aliphatic carbocycles. The number of morpholine rings is 1. The summed E-state index contributed by atoms with van der Waals surface area (Å²) in [5.41, 5.74) is 0. The number of fused-ring (bicyclic) bond motifs is 1. The Labute approximate surface area is 70.0 Å². The average Bonchev–Trinajstić information content (AvgIpc) is 2.04. The van der Waals surface area contributed by atoms with E-state index in [9.17, 15) is 4.79 Å². The maximum absolute atomic E-state index is 10.8. The molecule has 1 unspecified atom stereocenters. The maximum Gasteiger partial charge on any atom is 0.437 e. The van der Waals surface area contributed by atoms with Crippen LogP contribution in [-0.2, 0) is 9.47 Å². The smallest absolute Gasteiger partial charge is 0.421 e. The van der Waals surface area contributed by atoms with Gasteiger partial charge in [-0.15, -0.1) is 0 Å². The van der Waals surface area contributed by atoms with E-state index in [-0.39, 0.29) is 6.23 Å². The average molecular weight is 170 g/mol. The van der Waals surface area contributed by atoms with Crippen molar-refractivity contribution in [1.82, 2.24) is 4.90 Å². The van der Waals surface area contributed by atoms with Crippen molar-refractivity contribution >= 4 is 11.9 Å². The molecule has 66 valence electrons. The molecule has 0 aromatic carbocycles. The number of rotatable bonds is 0. The van der Waals surface area contributed by atoms with Gasteiger partial charge >= 0.3 is 6.09 Å². The van der Waals surface area contributed by atoms with Crippen LogP contribution in [-0.4, -0.2) is 42.8 Å². The molecule has 0 N–H and O–H groups in total. The van der Waals surface area contributed by atoms with Gasteiger partial charge in [-0.2, -0.15) is 4.99 Å². The van der Waals surface area contributed by atoms with Crippen LogP contribution >= 0.6 is 0 Å². The lowest BCUT2D eigenvalue weighted by molar-refractivity contribution is -0.0827. The Hall–Kier alpha value is -1.10. The van der Waals surface area contributed by atoms with E-state index in [0.29, 0.717) is 13.2 Å². The molecule has 2 heterocycles. The van der Waals surface area contributed by atoms with Crippen LogP contribution in [0.5, 0.6) is 0 Å². The van der Waals surface area contributed by atoms with Crippen molar-refractivity contribution in [3.05, 3.63) is 0 Å². The highest BCUT2D eigenvalue weighted by Gasteiger charge is 2.31. The lowest BCUT2D eigenvalue weighted by Gasteiger charge is -2.37. The predicted molar refractivity (Wildman–Crippen MR) is 40.9 cm³/mol. The first-order valence-electron chi connectivity index (χ1n) is 3.87. The van der Waals surface area contributed by atoms with E-state index < -0.39 is 6.09 Å². The molecule has 5 nitrogen and oxygen atoms in total. The number of aliphatic imine (C=N–C) groups is 1. The summed E-state index contributed by atoms with van der Waals surface area (Å²) in [6.07, 6.45) is -0.775. The second-order valence-corrected chi connectivity index (χ2v) is 2.77. The molecule has 1 saturated heterocycles. The molecular formula is C7H10N2O3. The van der Waals surface area contributed by atoms with E-state index in [1.54, 1.807) is 6.92 Å². The van der Waals surface area contributed by atoms with E-state index in [0.717, 1.165) is 12.4 Å². The quantitative estimate of drug-likeness (QED) is 0.521. The first-order valence-corrected chi connectivity index (χ1v) is 3.87. The number of nitrogens with zero attached hydrogens (tertiary/aromatic N) is 2. The van der Waals surface area contributed by atoms with Crippen molar-refractivity contribution in [2.75, 3.05) is 19.8 Å². The number of amides is 1. The van der Waals surface area contributed by atoms with Gasteiger partial charge in [0.1, 0.15) is 12.4 Å². The lowest BCUT2D eigenvalue weighted by Crippen LogP contribution is -2.52. The number of ether oxygens (including phenoxy) is 2. The molecular weight excluding hydrogens is 160 g/mol. The monoisotopic (exact) mass is 170 g/mol. The van der Waals surface area contributed by atoms with Crippen LogP contribution in [0.15, 0.2) is 4.99 Å². The number of carbonyl (C=O) groups is 1. The molecule has 0 aromatic rings. The minimum atomic E-state index is -0.515. The first-order chi connectivity index (χ1) is 5.77. The lowest BCUT2D eigenvalue weighted by atomic mass is 10.3. The number of amidine groups is 1. The Kier molecular flexibility index (Phi) is 1.73. The van der Waals surface area contributed by atoms with Crippen LogP contribution in [0.4, 0.5) is 4.79 Å². The maximum atomic E-state index is 10.8. The largest absolute Gasteiger partial charge is 0.437 e. The van der Waals surface area contributed by atoms with Crippen LogP contribution in [0.1, 0.15) is 6.92 Å². The van der Waals surface area contributed by atoms with Crippen molar-refractivity contribution < 1.29 is 14.3 Å². The predicted octanol–water partition coefficient (Wildman–Crippen LogP) is 0.213. The summed E-state index contributed by atoms with van der Waals surface area (Å²) in [5.74, 6) is 0.722. The van der Waals surface area contributed by atoms with Gasteiger partial charge in [-0.1, -0.05) is 0 Å². The van der Waals surface area contributed by atoms with Gasteiger partial charge in [0.05, 0.1) is 6.61 Å². The fourth-order valence-electron chi connectivity index (χ4n) is 1.39. The Morgan fingerprint density at radius 1 is 1.67 bits per heavy atom. The summed E-state index contributed by atoms with van der Waals surface area (Å²) in [6, 6.07) is 0. The van der Waals surface area contributed by atoms with Crippen LogP contribution in [0, 0.1) is 0 Å². The van der Waals surface area contributed by atoms with Gasteiger partial charge in [0, 0.05) is 6.54 Å². The SMILES string of the molecule is CC1=NC(=O)OC2COCCN12. The van der Waals surface area contributed by atoms with Crippen LogP contribution in [0.2, 0.25) is 0 Å². The van der Waals surface area contributed by atoms with Gasteiger partial charge in [0.25, 0.3) is 0 Å². The molecule has 0 bridgehead atoms. The first kappa shape index (κ1) is 7.54. The molecule has 0 radical (unpaired) electrons. The van der Waals surface area contributed by atoms with Gasteiger partial charge in [0.2, 0.25) is 6.23 Å². The zero-order valence-electron chi connectivity index (χ0n) is 6.82. The van der Waals surface area contributed by atoms with Gasteiger partial charge in [-0.25, -0.2) is 4.79 Å². The van der Waals surface area contributed by atoms with Gasteiger partial charge < -0.3 is 14.4 Å². The van der Waals surface area contributed by atoms with Crippen LogP contribution < -0.4 is 0 Å². The molecule has 2 aliphatic heterocycles. The Bertz CT molecular complexity index is 239. The molecule has 5 heteroatoms. The van der Waals surface area contributed by atoms with Crippen molar-refractivity contribution in [3.63, 3.8) is 0 Å². The van der Waals surface area contributed by atoms with E-state index >= 15 is 0 Å². The Morgan fingerprint density at radius 3 is 3.33 bits per heavy atom. The zero-order chi connectivity index (χ0) is 8.55. The normalized spacial score (nSPS) is 29.1. The van der Waals surface area contributed by atoms with Crippen molar-refractivity contribution in [2.45, 2.75) is 13.2 Å². The molecule has 0 saturated carbocycles. The second kappa shape index (κ2) is 2.75. The zero-order valence-corrected chi connectivity index (χ0v) is 6.82. The van der Waals surface area contributed by atoms with E-state index in [4.69, 9.17) is 9.47 Å². The molecule has 1 amide bonds. The minimum absolute atomic E-state index is 0.260. The third-order valence-electron chi connectivity index (χ3n) is 1.99.